The first-order chi connectivity index (χ1) is 8.20. The highest BCUT2D eigenvalue weighted by Gasteiger charge is 2.19. The lowest BCUT2D eigenvalue weighted by molar-refractivity contribution is 0.179. The Morgan fingerprint density at radius 2 is 2.24 bits per heavy atom. The maximum Gasteiger partial charge on any atom is 0.123 e. The first-order valence-corrected chi connectivity index (χ1v) is 6.33. The van der Waals surface area contributed by atoms with Crippen LogP contribution in [-0.4, -0.2) is 13.2 Å². The minimum atomic E-state index is -0.226. The van der Waals surface area contributed by atoms with Crippen LogP contribution in [0.4, 0.5) is 4.39 Å². The summed E-state index contributed by atoms with van der Waals surface area (Å²) in [6.07, 6.45) is 3.81. The van der Waals surface area contributed by atoms with Crippen molar-refractivity contribution in [3.63, 3.8) is 0 Å². The molecule has 1 aliphatic rings. The van der Waals surface area contributed by atoms with Crippen LogP contribution in [0.5, 0.6) is 5.75 Å². The molecule has 0 aliphatic heterocycles. The molecule has 1 atom stereocenters. The van der Waals surface area contributed by atoms with E-state index in [1.165, 1.54) is 31.4 Å². The Morgan fingerprint density at radius 1 is 1.47 bits per heavy atom. The summed E-state index contributed by atoms with van der Waals surface area (Å²) >= 11 is 0. The Balaban J connectivity index is 2.07. The van der Waals surface area contributed by atoms with E-state index in [9.17, 15) is 4.39 Å². The van der Waals surface area contributed by atoms with Gasteiger partial charge in [-0.15, -0.1) is 0 Å². The van der Waals surface area contributed by atoms with Gasteiger partial charge in [-0.1, -0.05) is 13.3 Å². The second-order valence-corrected chi connectivity index (χ2v) is 4.93. The third-order valence-electron chi connectivity index (χ3n) is 3.56. The summed E-state index contributed by atoms with van der Waals surface area (Å²) in [6.45, 7) is 3.24. The molecule has 0 saturated heterocycles. The van der Waals surface area contributed by atoms with E-state index < -0.39 is 0 Å². The zero-order valence-electron chi connectivity index (χ0n) is 10.3. The monoisotopic (exact) mass is 237 g/mol. The molecule has 2 nitrogen and oxygen atoms in total. The van der Waals surface area contributed by atoms with Gasteiger partial charge in [-0.05, 0) is 49.4 Å². The number of benzene rings is 1. The second-order valence-electron chi connectivity index (χ2n) is 4.93. The zero-order chi connectivity index (χ0) is 12.3. The molecule has 0 aromatic heterocycles. The third-order valence-corrected chi connectivity index (χ3v) is 3.56. The molecule has 0 bridgehead atoms. The molecule has 1 unspecified atom stereocenters. The lowest BCUT2D eigenvalue weighted by atomic mass is 9.86. The van der Waals surface area contributed by atoms with Gasteiger partial charge in [-0.25, -0.2) is 4.39 Å². The number of hydrogen-bond acceptors (Lipinski definition) is 2. The molecule has 17 heavy (non-hydrogen) atoms. The predicted octanol–water partition coefficient (Wildman–Crippen LogP) is 3.07. The van der Waals surface area contributed by atoms with E-state index in [0.717, 1.165) is 17.9 Å². The van der Waals surface area contributed by atoms with Crippen LogP contribution in [0.15, 0.2) is 18.2 Å². The average Bonchev–Trinajstić information content (AvgIpc) is 2.27. The molecule has 1 saturated carbocycles. The highest BCUT2D eigenvalue weighted by Crippen LogP contribution is 2.30. The lowest BCUT2D eigenvalue weighted by Gasteiger charge is -2.26. The van der Waals surface area contributed by atoms with Crippen LogP contribution in [0.25, 0.3) is 0 Å². The normalized spacial score (nSPS) is 17.6. The molecule has 1 fully saturated rings. The maximum absolute atomic E-state index is 13.2. The molecular formula is C14H20FNO. The molecule has 3 heteroatoms. The molecule has 1 aromatic carbocycles. The SMILES string of the molecule is CC(CN)c1cc(F)ccc1OCC1CCC1. The van der Waals surface area contributed by atoms with Crippen molar-refractivity contribution in [3.8, 4) is 5.75 Å². The Morgan fingerprint density at radius 3 is 2.82 bits per heavy atom. The van der Waals surface area contributed by atoms with Gasteiger partial charge in [-0.2, -0.15) is 0 Å². The maximum atomic E-state index is 13.2. The minimum Gasteiger partial charge on any atom is -0.493 e. The van der Waals surface area contributed by atoms with E-state index in [-0.39, 0.29) is 11.7 Å². The van der Waals surface area contributed by atoms with Crippen molar-refractivity contribution in [2.24, 2.45) is 11.7 Å². The van der Waals surface area contributed by atoms with E-state index in [1.807, 2.05) is 6.92 Å². The van der Waals surface area contributed by atoms with Gasteiger partial charge in [0.25, 0.3) is 0 Å². The fraction of sp³-hybridized carbons (Fsp3) is 0.571. The summed E-state index contributed by atoms with van der Waals surface area (Å²) in [7, 11) is 0. The van der Waals surface area contributed by atoms with Crippen LogP contribution in [0.1, 0.15) is 37.7 Å². The number of rotatable bonds is 5. The van der Waals surface area contributed by atoms with Crippen LogP contribution >= 0.6 is 0 Å². The van der Waals surface area contributed by atoms with E-state index in [4.69, 9.17) is 10.5 Å². The standard InChI is InChI=1S/C14H20FNO/c1-10(8-16)13-7-12(15)5-6-14(13)17-9-11-3-2-4-11/h5-7,10-11H,2-4,8-9,16H2,1H3. The molecule has 94 valence electrons. The number of hydrogen-bond donors (Lipinski definition) is 1. The third kappa shape index (κ3) is 2.97. The summed E-state index contributed by atoms with van der Waals surface area (Å²) < 4.78 is 19.0. The second kappa shape index (κ2) is 5.50. The van der Waals surface area contributed by atoms with Gasteiger partial charge in [0, 0.05) is 5.56 Å². The van der Waals surface area contributed by atoms with Crippen molar-refractivity contribution in [2.45, 2.75) is 32.1 Å². The molecular weight excluding hydrogens is 217 g/mol. The van der Waals surface area contributed by atoms with Crippen molar-refractivity contribution in [1.29, 1.82) is 0 Å². The molecule has 0 radical (unpaired) electrons. The lowest BCUT2D eigenvalue weighted by Crippen LogP contribution is -2.20. The van der Waals surface area contributed by atoms with E-state index in [1.54, 1.807) is 6.07 Å². The van der Waals surface area contributed by atoms with Crippen LogP contribution in [0.3, 0.4) is 0 Å². The molecule has 2 rings (SSSR count). The van der Waals surface area contributed by atoms with Crippen molar-refractivity contribution >= 4 is 0 Å². The molecule has 0 amide bonds. The Labute approximate surface area is 102 Å². The first kappa shape index (κ1) is 12.4. The van der Waals surface area contributed by atoms with E-state index in [2.05, 4.69) is 0 Å². The number of halogens is 1. The van der Waals surface area contributed by atoms with E-state index in [0.29, 0.717) is 12.5 Å². The minimum absolute atomic E-state index is 0.127. The molecule has 0 spiro atoms. The van der Waals surface area contributed by atoms with Gasteiger partial charge in [0.15, 0.2) is 0 Å². The Kier molecular flexibility index (Phi) is 4.00. The summed E-state index contributed by atoms with van der Waals surface area (Å²) in [6, 6.07) is 4.70. The summed E-state index contributed by atoms with van der Waals surface area (Å²) in [5, 5.41) is 0. The summed E-state index contributed by atoms with van der Waals surface area (Å²) in [4.78, 5) is 0. The van der Waals surface area contributed by atoms with Crippen molar-refractivity contribution in [3.05, 3.63) is 29.6 Å². The van der Waals surface area contributed by atoms with Crippen molar-refractivity contribution in [2.75, 3.05) is 13.2 Å². The van der Waals surface area contributed by atoms with Gasteiger partial charge >= 0.3 is 0 Å². The topological polar surface area (TPSA) is 35.2 Å². The largest absolute Gasteiger partial charge is 0.493 e. The van der Waals surface area contributed by atoms with Crippen LogP contribution in [0.2, 0.25) is 0 Å². The number of nitrogens with two attached hydrogens (primary N) is 1. The quantitative estimate of drug-likeness (QED) is 0.854. The molecule has 1 aliphatic carbocycles. The van der Waals surface area contributed by atoms with Crippen molar-refractivity contribution in [1.82, 2.24) is 0 Å². The fourth-order valence-corrected chi connectivity index (χ4v) is 2.03. The van der Waals surface area contributed by atoms with Gasteiger partial charge in [0.1, 0.15) is 11.6 Å². The Hall–Kier alpha value is -1.09. The van der Waals surface area contributed by atoms with Gasteiger partial charge in [-0.3, -0.25) is 0 Å². The molecule has 0 heterocycles. The molecule has 2 N–H and O–H groups in total. The Bertz CT molecular complexity index is 376. The zero-order valence-corrected chi connectivity index (χ0v) is 10.3. The first-order valence-electron chi connectivity index (χ1n) is 6.33. The van der Waals surface area contributed by atoms with Crippen LogP contribution in [0, 0.1) is 11.7 Å². The van der Waals surface area contributed by atoms with Gasteiger partial charge in [0.05, 0.1) is 6.61 Å². The summed E-state index contributed by atoms with van der Waals surface area (Å²) in [5.41, 5.74) is 6.52. The number of ether oxygens (including phenoxy) is 1. The van der Waals surface area contributed by atoms with Crippen LogP contribution < -0.4 is 10.5 Å². The smallest absolute Gasteiger partial charge is 0.123 e. The van der Waals surface area contributed by atoms with Crippen LogP contribution in [-0.2, 0) is 0 Å². The van der Waals surface area contributed by atoms with Gasteiger partial charge in [0.2, 0.25) is 0 Å². The summed E-state index contributed by atoms with van der Waals surface area (Å²) in [5.74, 6) is 1.37. The highest BCUT2D eigenvalue weighted by molar-refractivity contribution is 5.36. The van der Waals surface area contributed by atoms with E-state index >= 15 is 0 Å². The highest BCUT2D eigenvalue weighted by atomic mass is 19.1. The predicted molar refractivity (Wildman–Crippen MR) is 66.7 cm³/mol. The van der Waals surface area contributed by atoms with Crippen molar-refractivity contribution < 1.29 is 9.13 Å². The fourth-order valence-electron chi connectivity index (χ4n) is 2.03. The average molecular weight is 237 g/mol. The van der Waals surface area contributed by atoms with Gasteiger partial charge < -0.3 is 10.5 Å². The molecule has 1 aromatic rings.